The first-order chi connectivity index (χ1) is 12.0. The van der Waals surface area contributed by atoms with E-state index in [1.807, 2.05) is 17.0 Å². The molecule has 6 nitrogen and oxygen atoms in total. The van der Waals surface area contributed by atoms with Crippen molar-refractivity contribution in [2.75, 3.05) is 20.3 Å². The Bertz CT molecular complexity index is 713. The molecule has 7 heteroatoms. The van der Waals surface area contributed by atoms with Gasteiger partial charge in [-0.3, -0.25) is 4.79 Å². The van der Waals surface area contributed by atoms with Crippen molar-refractivity contribution in [3.05, 3.63) is 40.7 Å². The van der Waals surface area contributed by atoms with Crippen LogP contribution in [0, 0.1) is 6.92 Å². The molecule has 0 aliphatic rings. The standard InChI is InChI=1S/C18H25ClN4O2/c1-5-15(6-2)22(10-11-25-4)18(24)17-13(3)20-23(21-17)16-9-7-8-14(19)12-16/h7-9,12,15H,5-6,10-11H2,1-4H3. The van der Waals surface area contributed by atoms with E-state index in [0.29, 0.717) is 29.6 Å². The molecule has 0 spiro atoms. The lowest BCUT2D eigenvalue weighted by atomic mass is 10.1. The predicted molar refractivity (Wildman–Crippen MR) is 98.4 cm³/mol. The molecule has 0 saturated heterocycles. The van der Waals surface area contributed by atoms with Gasteiger partial charge in [0.05, 0.1) is 18.0 Å². The van der Waals surface area contributed by atoms with E-state index < -0.39 is 0 Å². The number of carbonyl (C=O) groups is 1. The van der Waals surface area contributed by atoms with Gasteiger partial charge in [0.2, 0.25) is 0 Å². The molecule has 0 unspecified atom stereocenters. The lowest BCUT2D eigenvalue weighted by Crippen LogP contribution is -2.42. The van der Waals surface area contributed by atoms with Crippen LogP contribution in [0.3, 0.4) is 0 Å². The summed E-state index contributed by atoms with van der Waals surface area (Å²) < 4.78 is 5.17. The molecule has 0 N–H and O–H groups in total. The van der Waals surface area contributed by atoms with Crippen molar-refractivity contribution in [1.82, 2.24) is 19.9 Å². The molecular weight excluding hydrogens is 340 g/mol. The number of carbonyl (C=O) groups excluding carboxylic acids is 1. The number of benzene rings is 1. The number of aromatic nitrogens is 3. The second-order valence-electron chi connectivity index (χ2n) is 5.86. The molecule has 1 heterocycles. The van der Waals surface area contributed by atoms with Crippen molar-refractivity contribution in [3.63, 3.8) is 0 Å². The number of amides is 1. The number of methoxy groups -OCH3 is 1. The topological polar surface area (TPSA) is 60.2 Å². The zero-order chi connectivity index (χ0) is 18.4. The van der Waals surface area contributed by atoms with E-state index in [0.717, 1.165) is 18.5 Å². The lowest BCUT2D eigenvalue weighted by molar-refractivity contribution is 0.0582. The van der Waals surface area contributed by atoms with Gasteiger partial charge >= 0.3 is 0 Å². The summed E-state index contributed by atoms with van der Waals surface area (Å²) >= 11 is 6.03. The number of aryl methyl sites for hydroxylation is 1. The van der Waals surface area contributed by atoms with E-state index in [4.69, 9.17) is 16.3 Å². The Labute approximate surface area is 153 Å². The molecular formula is C18H25ClN4O2. The SMILES string of the molecule is CCC(CC)N(CCOC)C(=O)c1nn(-c2cccc(Cl)c2)nc1C. The highest BCUT2D eigenvalue weighted by Gasteiger charge is 2.26. The van der Waals surface area contributed by atoms with Crippen LogP contribution in [0.25, 0.3) is 5.69 Å². The Hall–Kier alpha value is -1.92. The number of hydrogen-bond acceptors (Lipinski definition) is 4. The maximum absolute atomic E-state index is 13.1. The Morgan fingerprint density at radius 3 is 2.64 bits per heavy atom. The van der Waals surface area contributed by atoms with Crippen molar-refractivity contribution in [2.45, 2.75) is 39.7 Å². The van der Waals surface area contributed by atoms with Crippen LogP contribution in [-0.2, 0) is 4.74 Å². The Kier molecular flexibility index (Phi) is 6.96. The van der Waals surface area contributed by atoms with Gasteiger partial charge in [-0.1, -0.05) is 31.5 Å². The average molecular weight is 365 g/mol. The zero-order valence-electron chi connectivity index (χ0n) is 15.2. The summed E-state index contributed by atoms with van der Waals surface area (Å²) in [7, 11) is 1.64. The molecule has 0 fully saturated rings. The molecule has 1 aromatic heterocycles. The fraction of sp³-hybridized carbons (Fsp3) is 0.500. The van der Waals surface area contributed by atoms with Gasteiger partial charge in [-0.25, -0.2) is 0 Å². The Morgan fingerprint density at radius 2 is 2.04 bits per heavy atom. The van der Waals surface area contributed by atoms with E-state index in [1.165, 1.54) is 4.80 Å². The maximum atomic E-state index is 13.1. The van der Waals surface area contributed by atoms with Gasteiger partial charge in [0.25, 0.3) is 5.91 Å². The smallest absolute Gasteiger partial charge is 0.276 e. The van der Waals surface area contributed by atoms with Crippen LogP contribution in [0.5, 0.6) is 0 Å². The molecule has 0 radical (unpaired) electrons. The van der Waals surface area contributed by atoms with E-state index in [-0.39, 0.29) is 11.9 Å². The van der Waals surface area contributed by atoms with Gasteiger partial charge in [0.1, 0.15) is 0 Å². The van der Waals surface area contributed by atoms with Gasteiger partial charge in [-0.2, -0.15) is 9.90 Å². The summed E-state index contributed by atoms with van der Waals surface area (Å²) in [5.74, 6) is -0.114. The summed E-state index contributed by atoms with van der Waals surface area (Å²) in [5.41, 5.74) is 1.68. The number of hydrogen-bond donors (Lipinski definition) is 0. The number of nitrogens with zero attached hydrogens (tertiary/aromatic N) is 4. The number of ether oxygens (including phenoxy) is 1. The van der Waals surface area contributed by atoms with Crippen molar-refractivity contribution >= 4 is 17.5 Å². The van der Waals surface area contributed by atoms with Crippen LogP contribution in [0.2, 0.25) is 5.02 Å². The minimum atomic E-state index is -0.114. The molecule has 0 aliphatic carbocycles. The molecule has 136 valence electrons. The van der Waals surface area contributed by atoms with Crippen LogP contribution in [0.15, 0.2) is 24.3 Å². The molecule has 0 bridgehead atoms. The van der Waals surface area contributed by atoms with Gasteiger partial charge < -0.3 is 9.64 Å². The predicted octanol–water partition coefficient (Wildman–Crippen LogP) is 3.51. The molecule has 0 aliphatic heterocycles. The van der Waals surface area contributed by atoms with Crippen LogP contribution in [-0.4, -0.2) is 52.1 Å². The summed E-state index contributed by atoms with van der Waals surface area (Å²) in [6, 6.07) is 7.38. The fourth-order valence-electron chi connectivity index (χ4n) is 2.80. The number of rotatable bonds is 8. The normalized spacial score (nSPS) is 11.1. The van der Waals surface area contributed by atoms with E-state index in [9.17, 15) is 4.79 Å². The minimum absolute atomic E-state index is 0.114. The van der Waals surface area contributed by atoms with Gasteiger partial charge in [-0.15, -0.1) is 5.10 Å². The second kappa shape index (κ2) is 8.97. The molecule has 25 heavy (non-hydrogen) atoms. The third-order valence-corrected chi connectivity index (χ3v) is 4.44. The first-order valence-electron chi connectivity index (χ1n) is 8.51. The quantitative estimate of drug-likeness (QED) is 0.719. The molecule has 2 rings (SSSR count). The van der Waals surface area contributed by atoms with Crippen LogP contribution in [0.1, 0.15) is 42.9 Å². The second-order valence-corrected chi connectivity index (χ2v) is 6.30. The Morgan fingerprint density at radius 1 is 1.32 bits per heavy atom. The molecule has 1 amide bonds. The van der Waals surface area contributed by atoms with Crippen LogP contribution >= 0.6 is 11.6 Å². The molecule has 1 aromatic carbocycles. The first-order valence-corrected chi connectivity index (χ1v) is 8.89. The third kappa shape index (κ3) is 4.58. The minimum Gasteiger partial charge on any atom is -0.383 e. The molecule has 0 saturated carbocycles. The summed E-state index contributed by atoms with van der Waals surface area (Å²) in [4.78, 5) is 16.4. The van der Waals surface area contributed by atoms with Crippen molar-refractivity contribution in [1.29, 1.82) is 0 Å². The van der Waals surface area contributed by atoms with E-state index in [1.54, 1.807) is 26.2 Å². The highest BCUT2D eigenvalue weighted by molar-refractivity contribution is 6.30. The van der Waals surface area contributed by atoms with E-state index >= 15 is 0 Å². The van der Waals surface area contributed by atoms with Gasteiger partial charge in [0, 0.05) is 24.7 Å². The molecule has 2 aromatic rings. The average Bonchev–Trinajstić information content (AvgIpc) is 3.00. The zero-order valence-corrected chi connectivity index (χ0v) is 16.0. The Balaban J connectivity index is 2.33. The van der Waals surface area contributed by atoms with Gasteiger partial charge in [-0.05, 0) is 38.0 Å². The lowest BCUT2D eigenvalue weighted by Gasteiger charge is -2.29. The third-order valence-electron chi connectivity index (χ3n) is 4.20. The fourth-order valence-corrected chi connectivity index (χ4v) is 2.98. The largest absolute Gasteiger partial charge is 0.383 e. The van der Waals surface area contributed by atoms with E-state index in [2.05, 4.69) is 24.0 Å². The van der Waals surface area contributed by atoms with Crippen LogP contribution < -0.4 is 0 Å². The first kappa shape index (κ1) is 19.4. The van der Waals surface area contributed by atoms with Crippen LogP contribution in [0.4, 0.5) is 0 Å². The summed E-state index contributed by atoms with van der Waals surface area (Å²) in [6.45, 7) is 6.98. The number of halogens is 1. The maximum Gasteiger partial charge on any atom is 0.276 e. The molecule has 0 atom stereocenters. The summed E-state index contributed by atoms with van der Waals surface area (Å²) in [5, 5.41) is 9.40. The van der Waals surface area contributed by atoms with Crippen molar-refractivity contribution < 1.29 is 9.53 Å². The monoisotopic (exact) mass is 364 g/mol. The van der Waals surface area contributed by atoms with Crippen molar-refractivity contribution in [2.24, 2.45) is 0 Å². The highest BCUT2D eigenvalue weighted by Crippen LogP contribution is 2.17. The highest BCUT2D eigenvalue weighted by atomic mass is 35.5. The van der Waals surface area contributed by atoms with Gasteiger partial charge in [0.15, 0.2) is 5.69 Å². The van der Waals surface area contributed by atoms with Crippen molar-refractivity contribution in [3.8, 4) is 5.69 Å². The summed E-state index contributed by atoms with van der Waals surface area (Å²) in [6.07, 6.45) is 1.76.